The fourth-order valence-corrected chi connectivity index (χ4v) is 2.61. The first-order valence-corrected chi connectivity index (χ1v) is 8.87. The molecule has 0 saturated heterocycles. The normalized spacial score (nSPS) is 11.6. The number of rotatable bonds is 8. The maximum atomic E-state index is 5.36. The Labute approximate surface area is 150 Å². The van der Waals surface area contributed by atoms with E-state index < -0.39 is 0 Å². The maximum Gasteiger partial charge on any atom is 0.191 e. The van der Waals surface area contributed by atoms with Crippen LogP contribution in [-0.2, 0) is 11.3 Å². The fourth-order valence-electron chi connectivity index (χ4n) is 2.61. The highest BCUT2D eigenvalue weighted by atomic mass is 16.5. The molecule has 6 heteroatoms. The van der Waals surface area contributed by atoms with Gasteiger partial charge in [0.25, 0.3) is 0 Å². The van der Waals surface area contributed by atoms with Gasteiger partial charge in [-0.2, -0.15) is 5.10 Å². The van der Waals surface area contributed by atoms with Gasteiger partial charge in [0, 0.05) is 31.0 Å². The molecule has 1 aromatic carbocycles. The van der Waals surface area contributed by atoms with Gasteiger partial charge in [-0.05, 0) is 39.8 Å². The first-order chi connectivity index (χ1) is 12.2. The van der Waals surface area contributed by atoms with E-state index in [1.807, 2.05) is 36.7 Å². The number of aromatic nitrogens is 2. The van der Waals surface area contributed by atoms with Crippen molar-refractivity contribution >= 4 is 5.96 Å². The molecule has 0 radical (unpaired) electrons. The molecule has 2 N–H and O–H groups in total. The van der Waals surface area contributed by atoms with Gasteiger partial charge in [-0.1, -0.05) is 18.2 Å². The zero-order valence-corrected chi connectivity index (χ0v) is 15.7. The lowest BCUT2D eigenvalue weighted by molar-refractivity contribution is 0.152. The first-order valence-electron chi connectivity index (χ1n) is 8.87. The van der Waals surface area contributed by atoms with Crippen LogP contribution in [0.15, 0.2) is 35.3 Å². The van der Waals surface area contributed by atoms with Crippen LogP contribution < -0.4 is 10.6 Å². The van der Waals surface area contributed by atoms with Crippen molar-refractivity contribution in [3.63, 3.8) is 0 Å². The van der Waals surface area contributed by atoms with Crippen LogP contribution in [-0.4, -0.2) is 42.0 Å². The number of ether oxygens (including phenoxy) is 1. The monoisotopic (exact) mass is 343 g/mol. The Morgan fingerprint density at radius 3 is 2.60 bits per heavy atom. The molecule has 0 aliphatic heterocycles. The number of nitrogens with zero attached hydrogens (tertiary/aromatic N) is 3. The molecule has 0 aliphatic rings. The second kappa shape index (κ2) is 9.84. The van der Waals surface area contributed by atoms with E-state index in [0.717, 1.165) is 48.3 Å². The molecule has 0 atom stereocenters. The molecule has 2 aromatic rings. The van der Waals surface area contributed by atoms with Gasteiger partial charge in [0.15, 0.2) is 5.96 Å². The zero-order chi connectivity index (χ0) is 18.1. The molecule has 6 nitrogen and oxygen atoms in total. The standard InChI is InChI=1S/C19H29N5O/c1-5-20-19(21-12-13-25-6-2)22-14-18-15(3)23-24(16(18)4)17-10-8-7-9-11-17/h7-11H,5-6,12-14H2,1-4H3,(H2,20,21,22). The van der Waals surface area contributed by atoms with E-state index in [4.69, 9.17) is 9.73 Å². The molecular formula is C19H29N5O. The highest BCUT2D eigenvalue weighted by molar-refractivity contribution is 5.79. The van der Waals surface area contributed by atoms with Gasteiger partial charge in [0.05, 0.1) is 24.5 Å². The number of guanidine groups is 1. The van der Waals surface area contributed by atoms with Crippen molar-refractivity contribution in [1.82, 2.24) is 20.4 Å². The van der Waals surface area contributed by atoms with Gasteiger partial charge in [0.1, 0.15) is 0 Å². The molecule has 25 heavy (non-hydrogen) atoms. The second-order valence-corrected chi connectivity index (χ2v) is 5.72. The van der Waals surface area contributed by atoms with Gasteiger partial charge >= 0.3 is 0 Å². The summed E-state index contributed by atoms with van der Waals surface area (Å²) in [5.74, 6) is 0.800. The van der Waals surface area contributed by atoms with Gasteiger partial charge < -0.3 is 15.4 Å². The van der Waals surface area contributed by atoms with Crippen molar-refractivity contribution in [3.05, 3.63) is 47.3 Å². The minimum atomic E-state index is 0.592. The fraction of sp³-hybridized carbons (Fsp3) is 0.474. The van der Waals surface area contributed by atoms with Crippen LogP contribution in [0.3, 0.4) is 0 Å². The Bertz CT molecular complexity index is 679. The summed E-state index contributed by atoms with van der Waals surface area (Å²) >= 11 is 0. The third-order valence-corrected chi connectivity index (χ3v) is 3.92. The van der Waals surface area contributed by atoms with E-state index in [9.17, 15) is 0 Å². The molecule has 0 aliphatic carbocycles. The lowest BCUT2D eigenvalue weighted by Gasteiger charge is -2.11. The molecule has 0 spiro atoms. The number of aliphatic imine (C=N–C) groups is 1. The van der Waals surface area contributed by atoms with E-state index >= 15 is 0 Å². The van der Waals surface area contributed by atoms with Crippen molar-refractivity contribution < 1.29 is 4.74 Å². The molecule has 1 aromatic heterocycles. The smallest absolute Gasteiger partial charge is 0.191 e. The molecule has 0 amide bonds. The molecular weight excluding hydrogens is 314 g/mol. The van der Waals surface area contributed by atoms with Crippen molar-refractivity contribution in [2.75, 3.05) is 26.3 Å². The third-order valence-electron chi connectivity index (χ3n) is 3.92. The molecule has 1 heterocycles. The van der Waals surface area contributed by atoms with Gasteiger partial charge in [0.2, 0.25) is 0 Å². The molecule has 2 rings (SSSR count). The van der Waals surface area contributed by atoms with Gasteiger partial charge in [-0.25, -0.2) is 9.67 Å². The van der Waals surface area contributed by atoms with E-state index in [0.29, 0.717) is 13.2 Å². The number of hydrogen-bond acceptors (Lipinski definition) is 3. The minimum Gasteiger partial charge on any atom is -0.380 e. The molecule has 0 saturated carbocycles. The minimum absolute atomic E-state index is 0.592. The third kappa shape index (κ3) is 5.32. The van der Waals surface area contributed by atoms with Crippen molar-refractivity contribution in [2.45, 2.75) is 34.2 Å². The van der Waals surface area contributed by atoms with Crippen molar-refractivity contribution in [2.24, 2.45) is 4.99 Å². The largest absolute Gasteiger partial charge is 0.380 e. The van der Waals surface area contributed by atoms with Crippen molar-refractivity contribution in [1.29, 1.82) is 0 Å². The lowest BCUT2D eigenvalue weighted by Crippen LogP contribution is -2.39. The molecule has 0 fully saturated rings. The number of aryl methyl sites for hydroxylation is 1. The zero-order valence-electron chi connectivity index (χ0n) is 15.7. The summed E-state index contributed by atoms with van der Waals surface area (Å²) < 4.78 is 7.34. The number of para-hydroxylation sites is 1. The highest BCUT2D eigenvalue weighted by Gasteiger charge is 2.12. The highest BCUT2D eigenvalue weighted by Crippen LogP contribution is 2.18. The molecule has 0 bridgehead atoms. The summed E-state index contributed by atoms with van der Waals surface area (Å²) in [6.45, 7) is 11.7. The molecule has 136 valence electrons. The summed E-state index contributed by atoms with van der Waals surface area (Å²) in [5, 5.41) is 11.2. The average molecular weight is 343 g/mol. The Balaban J connectivity index is 2.11. The van der Waals surface area contributed by atoms with E-state index in [2.05, 4.69) is 41.7 Å². The Hall–Kier alpha value is -2.34. The van der Waals surface area contributed by atoms with Crippen molar-refractivity contribution in [3.8, 4) is 5.69 Å². The van der Waals surface area contributed by atoms with E-state index in [1.165, 1.54) is 0 Å². The van der Waals surface area contributed by atoms with Crippen LogP contribution in [0.2, 0.25) is 0 Å². The SMILES string of the molecule is CCNC(=NCc1c(C)nn(-c2ccccc2)c1C)NCCOCC. The quantitative estimate of drug-likeness (QED) is 0.439. The molecule has 0 unspecified atom stereocenters. The second-order valence-electron chi connectivity index (χ2n) is 5.72. The maximum absolute atomic E-state index is 5.36. The number of benzene rings is 1. The first kappa shape index (κ1) is 19.0. The van der Waals surface area contributed by atoms with Crippen LogP contribution in [0.25, 0.3) is 5.69 Å². The van der Waals surface area contributed by atoms with E-state index in [1.54, 1.807) is 0 Å². The summed E-state index contributed by atoms with van der Waals surface area (Å²) in [6, 6.07) is 10.2. The van der Waals surface area contributed by atoms with Gasteiger partial charge in [-0.15, -0.1) is 0 Å². The number of nitrogens with one attached hydrogen (secondary N) is 2. The predicted octanol–water partition coefficient (Wildman–Crippen LogP) is 2.58. The van der Waals surface area contributed by atoms with Crippen LogP contribution in [0.5, 0.6) is 0 Å². The predicted molar refractivity (Wildman–Crippen MR) is 102 cm³/mol. The van der Waals surface area contributed by atoms with Crippen LogP contribution >= 0.6 is 0 Å². The topological polar surface area (TPSA) is 63.5 Å². The van der Waals surface area contributed by atoms with Crippen LogP contribution in [0.4, 0.5) is 0 Å². The number of hydrogen-bond donors (Lipinski definition) is 2. The van der Waals surface area contributed by atoms with Crippen LogP contribution in [0, 0.1) is 13.8 Å². The average Bonchev–Trinajstić information content (AvgIpc) is 2.91. The van der Waals surface area contributed by atoms with Crippen LogP contribution in [0.1, 0.15) is 30.8 Å². The lowest BCUT2D eigenvalue weighted by atomic mass is 10.2. The van der Waals surface area contributed by atoms with Gasteiger partial charge in [-0.3, -0.25) is 0 Å². The summed E-state index contributed by atoms with van der Waals surface area (Å²) in [4.78, 5) is 4.70. The summed E-state index contributed by atoms with van der Waals surface area (Å²) in [7, 11) is 0. The summed E-state index contributed by atoms with van der Waals surface area (Å²) in [5.41, 5.74) is 4.36. The Morgan fingerprint density at radius 2 is 1.92 bits per heavy atom. The Morgan fingerprint density at radius 1 is 1.16 bits per heavy atom. The van der Waals surface area contributed by atoms with E-state index in [-0.39, 0.29) is 0 Å². The summed E-state index contributed by atoms with van der Waals surface area (Å²) in [6.07, 6.45) is 0. The Kier molecular flexibility index (Phi) is 7.47.